The first-order valence-corrected chi connectivity index (χ1v) is 7.22. The first-order valence-electron chi connectivity index (χ1n) is 7.22. The largest absolute Gasteiger partial charge is 0.468 e. The number of ether oxygens (including phenoxy) is 1. The molecule has 0 saturated heterocycles. The van der Waals surface area contributed by atoms with Crippen LogP contribution in [0.3, 0.4) is 0 Å². The van der Waals surface area contributed by atoms with Crippen LogP contribution in [0, 0.1) is 0 Å². The molecule has 5 nitrogen and oxygen atoms in total. The third kappa shape index (κ3) is 3.54. The quantitative estimate of drug-likeness (QED) is 0.843. The van der Waals surface area contributed by atoms with Gasteiger partial charge >= 0.3 is 5.97 Å². The Morgan fingerprint density at radius 3 is 2.76 bits per heavy atom. The van der Waals surface area contributed by atoms with Gasteiger partial charge in [-0.3, -0.25) is 9.59 Å². The summed E-state index contributed by atoms with van der Waals surface area (Å²) in [7, 11) is 1.34. The van der Waals surface area contributed by atoms with E-state index in [1.165, 1.54) is 12.7 Å². The topological polar surface area (TPSA) is 58.6 Å². The van der Waals surface area contributed by atoms with Gasteiger partial charge in [0, 0.05) is 30.6 Å². The Bertz CT molecular complexity index is 528. The number of hydrogen-bond donors (Lipinski definition) is 1. The molecule has 21 heavy (non-hydrogen) atoms. The molecule has 5 heteroatoms. The van der Waals surface area contributed by atoms with Gasteiger partial charge < -0.3 is 15.0 Å². The monoisotopic (exact) mass is 290 g/mol. The summed E-state index contributed by atoms with van der Waals surface area (Å²) in [5, 5.41) is 3.31. The SMILES string of the molecule is COC(=O)CN(C(=O)CC1CNc2ccccc21)C(C)C. The number of carbonyl (C=O) groups excluding carboxylic acids is 2. The molecular weight excluding hydrogens is 268 g/mol. The lowest BCUT2D eigenvalue weighted by Gasteiger charge is -2.26. The Kier molecular flexibility index (Phi) is 4.83. The summed E-state index contributed by atoms with van der Waals surface area (Å²) in [4.78, 5) is 25.5. The maximum absolute atomic E-state index is 12.5. The summed E-state index contributed by atoms with van der Waals surface area (Å²) in [5.74, 6) is -0.242. The number of methoxy groups -OCH3 is 1. The van der Waals surface area contributed by atoms with Crippen molar-refractivity contribution in [1.29, 1.82) is 0 Å². The van der Waals surface area contributed by atoms with E-state index in [1.807, 2.05) is 38.1 Å². The molecule has 0 aromatic heterocycles. The second-order valence-corrected chi connectivity index (χ2v) is 5.56. The van der Waals surface area contributed by atoms with Crippen molar-refractivity contribution in [3.05, 3.63) is 29.8 Å². The summed E-state index contributed by atoms with van der Waals surface area (Å²) >= 11 is 0. The normalized spacial score (nSPS) is 16.3. The highest BCUT2D eigenvalue weighted by Crippen LogP contribution is 2.33. The van der Waals surface area contributed by atoms with Crippen LogP contribution in [-0.4, -0.2) is 43.0 Å². The second kappa shape index (κ2) is 6.61. The minimum atomic E-state index is -0.387. The van der Waals surface area contributed by atoms with E-state index in [-0.39, 0.29) is 30.4 Å². The van der Waals surface area contributed by atoms with Crippen molar-refractivity contribution in [2.45, 2.75) is 32.2 Å². The van der Waals surface area contributed by atoms with E-state index in [1.54, 1.807) is 4.90 Å². The van der Waals surface area contributed by atoms with Crippen LogP contribution >= 0.6 is 0 Å². The van der Waals surface area contributed by atoms with Crippen molar-refractivity contribution in [2.75, 3.05) is 25.5 Å². The molecule has 0 aliphatic carbocycles. The predicted octanol–water partition coefficient (Wildman–Crippen LogP) is 2.00. The first kappa shape index (κ1) is 15.4. The van der Waals surface area contributed by atoms with Gasteiger partial charge in [0.05, 0.1) is 7.11 Å². The van der Waals surface area contributed by atoms with Gasteiger partial charge in [-0.1, -0.05) is 18.2 Å². The van der Waals surface area contributed by atoms with E-state index in [4.69, 9.17) is 0 Å². The molecule has 1 aliphatic rings. The molecule has 1 amide bonds. The molecule has 0 bridgehead atoms. The standard InChI is InChI=1S/C16H22N2O3/c1-11(2)18(10-16(20)21-3)15(19)8-12-9-17-14-7-5-4-6-13(12)14/h4-7,11-12,17H,8-10H2,1-3H3. The summed E-state index contributed by atoms with van der Waals surface area (Å²) in [6.07, 6.45) is 0.402. The minimum Gasteiger partial charge on any atom is -0.468 e. The highest BCUT2D eigenvalue weighted by molar-refractivity contribution is 5.83. The van der Waals surface area contributed by atoms with E-state index in [0.717, 1.165) is 12.2 Å². The summed E-state index contributed by atoms with van der Waals surface area (Å²) in [5.41, 5.74) is 2.27. The van der Waals surface area contributed by atoms with Gasteiger partial charge in [-0.25, -0.2) is 0 Å². The zero-order chi connectivity index (χ0) is 15.4. The number of anilines is 1. The highest BCUT2D eigenvalue weighted by Gasteiger charge is 2.28. The number of fused-ring (bicyclic) bond motifs is 1. The molecule has 1 aromatic carbocycles. The molecule has 0 spiro atoms. The molecule has 0 fully saturated rings. The molecule has 0 saturated carbocycles. The molecule has 1 atom stereocenters. The van der Waals surface area contributed by atoms with Gasteiger partial charge in [0.1, 0.15) is 6.54 Å². The third-order valence-corrected chi connectivity index (χ3v) is 3.83. The Hall–Kier alpha value is -2.04. The van der Waals surface area contributed by atoms with Gasteiger partial charge in [-0.05, 0) is 25.5 Å². The fourth-order valence-corrected chi connectivity index (χ4v) is 2.63. The molecule has 1 N–H and O–H groups in total. The van der Waals surface area contributed by atoms with Crippen LogP contribution in [0.2, 0.25) is 0 Å². The van der Waals surface area contributed by atoms with Gasteiger partial charge in [0.15, 0.2) is 0 Å². The summed E-state index contributed by atoms with van der Waals surface area (Å²) in [6, 6.07) is 8.01. The second-order valence-electron chi connectivity index (χ2n) is 5.56. The minimum absolute atomic E-state index is 0.00873. The number of hydrogen-bond acceptors (Lipinski definition) is 4. The Balaban J connectivity index is 2.04. The van der Waals surface area contributed by atoms with Crippen molar-refractivity contribution in [3.8, 4) is 0 Å². The van der Waals surface area contributed by atoms with Crippen LogP contribution in [0.5, 0.6) is 0 Å². The first-order chi connectivity index (χ1) is 10.0. The maximum Gasteiger partial charge on any atom is 0.325 e. The van der Waals surface area contributed by atoms with Crippen LogP contribution in [-0.2, 0) is 14.3 Å². The lowest BCUT2D eigenvalue weighted by Crippen LogP contribution is -2.41. The summed E-state index contributed by atoms with van der Waals surface area (Å²) in [6.45, 7) is 4.58. The number of amides is 1. The molecule has 0 radical (unpaired) electrons. The van der Waals surface area contributed by atoms with E-state index in [2.05, 4.69) is 10.1 Å². The number of carbonyl (C=O) groups is 2. The average molecular weight is 290 g/mol. The smallest absolute Gasteiger partial charge is 0.325 e. The lowest BCUT2D eigenvalue weighted by molar-refractivity contribution is -0.148. The number of para-hydroxylation sites is 1. The van der Waals surface area contributed by atoms with E-state index >= 15 is 0 Å². The molecule has 2 rings (SSSR count). The predicted molar refractivity (Wildman–Crippen MR) is 81.2 cm³/mol. The van der Waals surface area contributed by atoms with Crippen molar-refractivity contribution >= 4 is 17.6 Å². The third-order valence-electron chi connectivity index (χ3n) is 3.83. The number of nitrogens with one attached hydrogen (secondary N) is 1. The van der Waals surface area contributed by atoms with Crippen molar-refractivity contribution in [1.82, 2.24) is 4.90 Å². The zero-order valence-electron chi connectivity index (χ0n) is 12.8. The Labute approximate surface area is 125 Å². The summed E-state index contributed by atoms with van der Waals surface area (Å²) < 4.78 is 4.66. The van der Waals surface area contributed by atoms with Gasteiger partial charge in [-0.15, -0.1) is 0 Å². The zero-order valence-corrected chi connectivity index (χ0v) is 12.8. The number of nitrogens with zero attached hydrogens (tertiary/aromatic N) is 1. The van der Waals surface area contributed by atoms with Crippen molar-refractivity contribution in [3.63, 3.8) is 0 Å². The van der Waals surface area contributed by atoms with Crippen LogP contribution in [0.15, 0.2) is 24.3 Å². The van der Waals surface area contributed by atoms with Crippen LogP contribution in [0.25, 0.3) is 0 Å². The van der Waals surface area contributed by atoms with Crippen LogP contribution < -0.4 is 5.32 Å². The van der Waals surface area contributed by atoms with E-state index in [0.29, 0.717) is 6.42 Å². The van der Waals surface area contributed by atoms with Crippen molar-refractivity contribution in [2.24, 2.45) is 0 Å². The van der Waals surface area contributed by atoms with Crippen LogP contribution in [0.1, 0.15) is 31.7 Å². The van der Waals surface area contributed by atoms with Crippen LogP contribution in [0.4, 0.5) is 5.69 Å². The molecule has 1 aromatic rings. The van der Waals surface area contributed by atoms with Gasteiger partial charge in [0.25, 0.3) is 0 Å². The molecule has 1 aliphatic heterocycles. The number of benzene rings is 1. The lowest BCUT2D eigenvalue weighted by atomic mass is 9.97. The highest BCUT2D eigenvalue weighted by atomic mass is 16.5. The Morgan fingerprint density at radius 1 is 1.38 bits per heavy atom. The van der Waals surface area contributed by atoms with E-state index < -0.39 is 0 Å². The van der Waals surface area contributed by atoms with Gasteiger partial charge in [0.2, 0.25) is 5.91 Å². The fourth-order valence-electron chi connectivity index (χ4n) is 2.63. The molecule has 114 valence electrons. The fraction of sp³-hybridized carbons (Fsp3) is 0.500. The number of rotatable bonds is 5. The van der Waals surface area contributed by atoms with Gasteiger partial charge in [-0.2, -0.15) is 0 Å². The van der Waals surface area contributed by atoms with E-state index in [9.17, 15) is 9.59 Å². The maximum atomic E-state index is 12.5. The van der Waals surface area contributed by atoms with Crippen molar-refractivity contribution < 1.29 is 14.3 Å². The number of esters is 1. The Morgan fingerprint density at radius 2 is 2.10 bits per heavy atom. The molecule has 1 unspecified atom stereocenters. The average Bonchev–Trinajstić information content (AvgIpc) is 2.87. The molecular formula is C16H22N2O3. The molecule has 1 heterocycles.